The van der Waals surface area contributed by atoms with Crippen molar-refractivity contribution in [3.8, 4) is 0 Å². The fourth-order valence-corrected chi connectivity index (χ4v) is 3.16. The first-order chi connectivity index (χ1) is 9.31. The molecular formula is C17H19NO. The predicted molar refractivity (Wildman–Crippen MR) is 77.1 cm³/mol. The molecular weight excluding hydrogens is 234 g/mol. The van der Waals surface area contributed by atoms with E-state index in [4.69, 9.17) is 0 Å². The molecule has 3 rings (SSSR count). The topological polar surface area (TPSA) is 32.3 Å². The summed E-state index contributed by atoms with van der Waals surface area (Å²) in [4.78, 5) is 0. The van der Waals surface area contributed by atoms with E-state index >= 15 is 0 Å². The largest absolute Gasteiger partial charge is 0.390 e. The van der Waals surface area contributed by atoms with Crippen LogP contribution in [0.2, 0.25) is 0 Å². The van der Waals surface area contributed by atoms with Gasteiger partial charge in [0.2, 0.25) is 0 Å². The number of aliphatic hydroxyl groups excluding tert-OH is 1. The number of benzene rings is 2. The van der Waals surface area contributed by atoms with E-state index in [9.17, 15) is 5.11 Å². The quantitative estimate of drug-likeness (QED) is 0.881. The van der Waals surface area contributed by atoms with Crippen molar-refractivity contribution in [3.05, 3.63) is 71.3 Å². The van der Waals surface area contributed by atoms with Gasteiger partial charge in [0.1, 0.15) is 0 Å². The molecule has 0 spiro atoms. The van der Waals surface area contributed by atoms with Gasteiger partial charge >= 0.3 is 0 Å². The summed E-state index contributed by atoms with van der Waals surface area (Å²) in [5.74, 6) is 0.177. The minimum absolute atomic E-state index is 0.0462. The average molecular weight is 253 g/mol. The molecule has 2 heteroatoms. The van der Waals surface area contributed by atoms with E-state index in [-0.39, 0.29) is 18.1 Å². The Morgan fingerprint density at radius 2 is 1.58 bits per heavy atom. The monoisotopic (exact) mass is 253 g/mol. The minimum Gasteiger partial charge on any atom is -0.390 e. The van der Waals surface area contributed by atoms with Crippen molar-refractivity contribution in [2.24, 2.45) is 0 Å². The first-order valence-corrected chi connectivity index (χ1v) is 6.79. The lowest BCUT2D eigenvalue weighted by molar-refractivity contribution is 0.118. The maximum atomic E-state index is 10.6. The number of fused-ring (bicyclic) bond motifs is 1. The highest BCUT2D eigenvalue weighted by Gasteiger charge is 2.38. The SMILES string of the molecule is CN[C@H]1c2ccccc2[C@H](Cc2ccccc2)C1O. The summed E-state index contributed by atoms with van der Waals surface area (Å²) in [7, 11) is 1.91. The molecule has 19 heavy (non-hydrogen) atoms. The molecule has 1 unspecified atom stereocenters. The van der Waals surface area contributed by atoms with Crippen LogP contribution in [0.25, 0.3) is 0 Å². The summed E-state index contributed by atoms with van der Waals surface area (Å²) in [6.45, 7) is 0. The summed E-state index contributed by atoms with van der Waals surface area (Å²) in [6.07, 6.45) is 0.527. The molecule has 3 atom stereocenters. The van der Waals surface area contributed by atoms with Crippen molar-refractivity contribution < 1.29 is 5.11 Å². The van der Waals surface area contributed by atoms with Crippen LogP contribution in [-0.4, -0.2) is 18.3 Å². The summed E-state index contributed by atoms with van der Waals surface area (Å²) < 4.78 is 0. The van der Waals surface area contributed by atoms with Crippen LogP contribution in [-0.2, 0) is 6.42 Å². The second-order valence-electron chi connectivity index (χ2n) is 5.18. The van der Waals surface area contributed by atoms with Crippen LogP contribution in [0.5, 0.6) is 0 Å². The number of hydrogen-bond acceptors (Lipinski definition) is 2. The molecule has 2 aromatic carbocycles. The van der Waals surface area contributed by atoms with E-state index in [0.29, 0.717) is 0 Å². The second kappa shape index (κ2) is 5.16. The Kier molecular flexibility index (Phi) is 3.36. The van der Waals surface area contributed by atoms with Crippen LogP contribution < -0.4 is 5.32 Å². The van der Waals surface area contributed by atoms with Gasteiger partial charge in [-0.05, 0) is 30.2 Å². The summed E-state index contributed by atoms with van der Waals surface area (Å²) in [5.41, 5.74) is 3.79. The Morgan fingerprint density at radius 1 is 0.947 bits per heavy atom. The fourth-order valence-electron chi connectivity index (χ4n) is 3.16. The molecule has 0 aromatic heterocycles. The zero-order valence-electron chi connectivity index (χ0n) is 11.1. The summed E-state index contributed by atoms with van der Waals surface area (Å²) >= 11 is 0. The second-order valence-corrected chi connectivity index (χ2v) is 5.18. The van der Waals surface area contributed by atoms with Crippen LogP contribution >= 0.6 is 0 Å². The van der Waals surface area contributed by atoms with E-state index in [1.54, 1.807) is 0 Å². The van der Waals surface area contributed by atoms with Gasteiger partial charge in [0.05, 0.1) is 12.1 Å². The lowest BCUT2D eigenvalue weighted by Crippen LogP contribution is -2.28. The highest BCUT2D eigenvalue weighted by atomic mass is 16.3. The van der Waals surface area contributed by atoms with Crippen LogP contribution in [0.4, 0.5) is 0 Å². The lowest BCUT2D eigenvalue weighted by atomic mass is 9.92. The molecule has 0 radical (unpaired) electrons. The molecule has 0 saturated carbocycles. The normalized spacial score (nSPS) is 25.3. The molecule has 2 aromatic rings. The molecule has 0 bridgehead atoms. The van der Waals surface area contributed by atoms with Crippen LogP contribution in [0.1, 0.15) is 28.7 Å². The van der Waals surface area contributed by atoms with E-state index < -0.39 is 0 Å². The van der Waals surface area contributed by atoms with Gasteiger partial charge in [-0.15, -0.1) is 0 Å². The number of nitrogens with one attached hydrogen (secondary N) is 1. The molecule has 2 nitrogen and oxygen atoms in total. The number of likely N-dealkylation sites (N-methyl/N-ethyl adjacent to an activating group) is 1. The first-order valence-electron chi connectivity index (χ1n) is 6.79. The number of hydrogen-bond donors (Lipinski definition) is 2. The summed E-state index contributed by atoms with van der Waals surface area (Å²) in [5, 5.41) is 13.8. The maximum Gasteiger partial charge on any atom is 0.0806 e. The van der Waals surface area contributed by atoms with E-state index in [0.717, 1.165) is 6.42 Å². The van der Waals surface area contributed by atoms with Crippen LogP contribution in [0, 0.1) is 0 Å². The third-order valence-electron chi connectivity index (χ3n) is 4.09. The molecule has 1 aliphatic rings. The fraction of sp³-hybridized carbons (Fsp3) is 0.294. The van der Waals surface area contributed by atoms with Gasteiger partial charge in [-0.3, -0.25) is 0 Å². The molecule has 0 aliphatic heterocycles. The predicted octanol–water partition coefficient (Wildman–Crippen LogP) is 2.65. The standard InChI is InChI=1S/C17H19NO/c1-18-16-14-10-6-5-9-13(14)15(17(16)19)11-12-7-3-2-4-8-12/h2-10,15-19H,11H2,1H3/t15-,16-,17?/m0/s1. The van der Waals surface area contributed by atoms with Crippen molar-refractivity contribution in [2.45, 2.75) is 24.5 Å². The van der Waals surface area contributed by atoms with Crippen LogP contribution in [0.15, 0.2) is 54.6 Å². The van der Waals surface area contributed by atoms with E-state index in [1.807, 2.05) is 19.2 Å². The third-order valence-corrected chi connectivity index (χ3v) is 4.09. The zero-order chi connectivity index (χ0) is 13.2. The molecule has 98 valence electrons. The Labute approximate surface area is 114 Å². The average Bonchev–Trinajstić information content (AvgIpc) is 2.73. The lowest BCUT2D eigenvalue weighted by Gasteiger charge is -2.20. The van der Waals surface area contributed by atoms with Gasteiger partial charge in [0.15, 0.2) is 0 Å². The van der Waals surface area contributed by atoms with Gasteiger partial charge in [-0.1, -0.05) is 54.6 Å². The highest BCUT2D eigenvalue weighted by Crippen LogP contribution is 2.41. The Morgan fingerprint density at radius 3 is 2.26 bits per heavy atom. The highest BCUT2D eigenvalue weighted by molar-refractivity contribution is 5.41. The first kappa shape index (κ1) is 12.4. The molecule has 0 heterocycles. The Hall–Kier alpha value is -1.64. The molecule has 1 aliphatic carbocycles. The zero-order valence-corrected chi connectivity index (χ0v) is 11.1. The molecule has 0 fully saturated rings. The van der Waals surface area contributed by atoms with Gasteiger partial charge in [0.25, 0.3) is 0 Å². The smallest absolute Gasteiger partial charge is 0.0806 e. The van der Waals surface area contributed by atoms with Gasteiger partial charge in [-0.2, -0.15) is 0 Å². The summed E-state index contributed by atoms with van der Waals surface area (Å²) in [6, 6.07) is 18.8. The maximum absolute atomic E-state index is 10.6. The van der Waals surface area contributed by atoms with Crippen molar-refractivity contribution in [1.29, 1.82) is 0 Å². The minimum atomic E-state index is -0.359. The number of aliphatic hydroxyl groups is 1. The van der Waals surface area contributed by atoms with Crippen molar-refractivity contribution in [1.82, 2.24) is 5.32 Å². The Bertz CT molecular complexity index is 552. The third kappa shape index (κ3) is 2.18. The molecule has 0 amide bonds. The van der Waals surface area contributed by atoms with Gasteiger partial charge in [0, 0.05) is 5.92 Å². The van der Waals surface area contributed by atoms with E-state index in [2.05, 4.69) is 47.8 Å². The van der Waals surface area contributed by atoms with Crippen molar-refractivity contribution >= 4 is 0 Å². The van der Waals surface area contributed by atoms with Gasteiger partial charge < -0.3 is 10.4 Å². The molecule has 2 N–H and O–H groups in total. The van der Waals surface area contributed by atoms with Crippen LogP contribution in [0.3, 0.4) is 0 Å². The van der Waals surface area contributed by atoms with Crippen molar-refractivity contribution in [3.63, 3.8) is 0 Å². The number of rotatable bonds is 3. The Balaban J connectivity index is 1.94. The molecule has 0 saturated heterocycles. The van der Waals surface area contributed by atoms with Crippen molar-refractivity contribution in [2.75, 3.05) is 7.05 Å². The van der Waals surface area contributed by atoms with E-state index in [1.165, 1.54) is 16.7 Å². The van der Waals surface area contributed by atoms with Gasteiger partial charge in [-0.25, -0.2) is 0 Å².